The van der Waals surface area contributed by atoms with Crippen molar-refractivity contribution in [3.05, 3.63) is 23.9 Å². The van der Waals surface area contributed by atoms with Gasteiger partial charge in [0, 0.05) is 19.8 Å². The molecule has 0 atom stereocenters. The number of carbonyl (C=O) groups excluding carboxylic acids is 1. The van der Waals surface area contributed by atoms with Crippen LogP contribution in [0, 0.1) is 5.41 Å². The average Bonchev–Trinajstić information content (AvgIpc) is 2.94. The van der Waals surface area contributed by atoms with Gasteiger partial charge in [0.2, 0.25) is 0 Å². The Morgan fingerprint density at radius 3 is 2.63 bits per heavy atom. The van der Waals surface area contributed by atoms with E-state index < -0.39 is 0 Å². The number of hydrogen-bond acceptors (Lipinski definition) is 3. The Hall–Kier alpha value is -1.58. The third kappa shape index (κ3) is 3.25. The molecule has 1 aliphatic rings. The minimum atomic E-state index is -0.0186. The SMILES string of the molecule is CCC1(CNC(=O)c2ccc(NC)nc2)CCCC1. The van der Waals surface area contributed by atoms with Gasteiger partial charge in [0.15, 0.2) is 0 Å². The molecule has 0 unspecified atom stereocenters. The maximum absolute atomic E-state index is 12.1. The van der Waals surface area contributed by atoms with Gasteiger partial charge in [-0.3, -0.25) is 4.79 Å². The highest BCUT2D eigenvalue weighted by atomic mass is 16.1. The van der Waals surface area contributed by atoms with Crippen molar-refractivity contribution in [1.29, 1.82) is 0 Å². The van der Waals surface area contributed by atoms with Gasteiger partial charge in [-0.25, -0.2) is 4.98 Å². The van der Waals surface area contributed by atoms with Crippen LogP contribution in [0.3, 0.4) is 0 Å². The number of carbonyl (C=O) groups is 1. The van der Waals surface area contributed by atoms with Crippen LogP contribution in [0.15, 0.2) is 18.3 Å². The number of rotatable bonds is 5. The van der Waals surface area contributed by atoms with E-state index in [1.165, 1.54) is 25.7 Å². The summed E-state index contributed by atoms with van der Waals surface area (Å²) in [4.78, 5) is 16.3. The molecular formula is C15H23N3O. The van der Waals surface area contributed by atoms with Crippen LogP contribution in [-0.4, -0.2) is 24.5 Å². The number of nitrogens with zero attached hydrogens (tertiary/aromatic N) is 1. The Kier molecular flexibility index (Phi) is 4.40. The van der Waals surface area contributed by atoms with E-state index in [1.54, 1.807) is 12.3 Å². The lowest BCUT2D eigenvalue weighted by Gasteiger charge is -2.27. The molecule has 19 heavy (non-hydrogen) atoms. The molecule has 0 aromatic carbocycles. The molecule has 1 amide bonds. The monoisotopic (exact) mass is 261 g/mol. The summed E-state index contributed by atoms with van der Waals surface area (Å²) in [6, 6.07) is 3.63. The second kappa shape index (κ2) is 6.04. The number of aromatic nitrogens is 1. The van der Waals surface area contributed by atoms with Gasteiger partial charge in [-0.05, 0) is 36.8 Å². The van der Waals surface area contributed by atoms with Crippen LogP contribution in [0.2, 0.25) is 0 Å². The molecule has 1 aliphatic carbocycles. The minimum Gasteiger partial charge on any atom is -0.373 e. The van der Waals surface area contributed by atoms with Crippen molar-refractivity contribution in [2.75, 3.05) is 18.9 Å². The second-order valence-electron chi connectivity index (χ2n) is 5.43. The highest BCUT2D eigenvalue weighted by Gasteiger charge is 2.32. The van der Waals surface area contributed by atoms with Gasteiger partial charge in [-0.2, -0.15) is 0 Å². The highest BCUT2D eigenvalue weighted by molar-refractivity contribution is 5.94. The van der Waals surface area contributed by atoms with E-state index in [1.807, 2.05) is 13.1 Å². The van der Waals surface area contributed by atoms with Crippen molar-refractivity contribution in [1.82, 2.24) is 10.3 Å². The minimum absolute atomic E-state index is 0.0186. The molecule has 0 radical (unpaired) electrons. The van der Waals surface area contributed by atoms with Crippen molar-refractivity contribution in [2.24, 2.45) is 5.41 Å². The van der Waals surface area contributed by atoms with Crippen molar-refractivity contribution in [3.63, 3.8) is 0 Å². The van der Waals surface area contributed by atoms with Crippen LogP contribution < -0.4 is 10.6 Å². The molecule has 0 saturated heterocycles. The molecule has 1 heterocycles. The fourth-order valence-electron chi connectivity index (χ4n) is 2.83. The van der Waals surface area contributed by atoms with E-state index >= 15 is 0 Å². The van der Waals surface area contributed by atoms with Gasteiger partial charge in [0.25, 0.3) is 5.91 Å². The lowest BCUT2D eigenvalue weighted by molar-refractivity contribution is 0.0928. The van der Waals surface area contributed by atoms with Crippen LogP contribution in [0.1, 0.15) is 49.4 Å². The van der Waals surface area contributed by atoms with Crippen molar-refractivity contribution in [2.45, 2.75) is 39.0 Å². The van der Waals surface area contributed by atoms with Crippen LogP contribution in [0.5, 0.6) is 0 Å². The smallest absolute Gasteiger partial charge is 0.252 e. The lowest BCUT2D eigenvalue weighted by Crippen LogP contribution is -2.35. The van der Waals surface area contributed by atoms with Crippen LogP contribution in [0.4, 0.5) is 5.82 Å². The normalized spacial score (nSPS) is 17.2. The van der Waals surface area contributed by atoms with Gasteiger partial charge in [-0.15, -0.1) is 0 Å². The zero-order chi connectivity index (χ0) is 13.7. The Balaban J connectivity index is 1.93. The quantitative estimate of drug-likeness (QED) is 0.857. The summed E-state index contributed by atoms with van der Waals surface area (Å²) >= 11 is 0. The van der Waals surface area contributed by atoms with Crippen LogP contribution >= 0.6 is 0 Å². The van der Waals surface area contributed by atoms with E-state index in [2.05, 4.69) is 22.5 Å². The fourth-order valence-corrected chi connectivity index (χ4v) is 2.83. The summed E-state index contributed by atoms with van der Waals surface area (Å²) < 4.78 is 0. The molecule has 1 fully saturated rings. The summed E-state index contributed by atoms with van der Waals surface area (Å²) in [6.45, 7) is 3.01. The third-order valence-corrected chi connectivity index (χ3v) is 4.32. The second-order valence-corrected chi connectivity index (χ2v) is 5.43. The Bertz CT molecular complexity index is 422. The van der Waals surface area contributed by atoms with Crippen LogP contribution in [0.25, 0.3) is 0 Å². The van der Waals surface area contributed by atoms with Gasteiger partial charge >= 0.3 is 0 Å². The number of nitrogens with one attached hydrogen (secondary N) is 2. The Labute approximate surface area is 115 Å². The molecule has 4 nitrogen and oxygen atoms in total. The van der Waals surface area contributed by atoms with Gasteiger partial charge in [0.05, 0.1) is 5.56 Å². The van der Waals surface area contributed by atoms with E-state index in [0.29, 0.717) is 11.0 Å². The highest BCUT2D eigenvalue weighted by Crippen LogP contribution is 2.40. The molecule has 4 heteroatoms. The zero-order valence-corrected chi connectivity index (χ0v) is 11.8. The zero-order valence-electron chi connectivity index (χ0n) is 11.8. The van der Waals surface area contributed by atoms with Crippen molar-refractivity contribution < 1.29 is 4.79 Å². The molecular weight excluding hydrogens is 238 g/mol. The van der Waals surface area contributed by atoms with E-state index in [9.17, 15) is 4.79 Å². The first-order valence-electron chi connectivity index (χ1n) is 7.11. The summed E-state index contributed by atoms with van der Waals surface area (Å²) in [6.07, 6.45) is 7.82. The van der Waals surface area contributed by atoms with Crippen LogP contribution in [-0.2, 0) is 0 Å². The standard InChI is InChI=1S/C15H23N3O/c1-3-15(8-4-5-9-15)11-18-14(19)12-6-7-13(16-2)17-10-12/h6-7,10H,3-5,8-9,11H2,1-2H3,(H,16,17)(H,18,19). The van der Waals surface area contributed by atoms with E-state index in [4.69, 9.17) is 0 Å². The Morgan fingerprint density at radius 2 is 2.11 bits per heavy atom. The summed E-state index contributed by atoms with van der Waals surface area (Å²) in [7, 11) is 1.81. The largest absolute Gasteiger partial charge is 0.373 e. The molecule has 1 aromatic heterocycles. The summed E-state index contributed by atoms with van der Waals surface area (Å²) in [5.74, 6) is 0.757. The maximum atomic E-state index is 12.1. The molecule has 0 bridgehead atoms. The first-order valence-corrected chi connectivity index (χ1v) is 7.11. The first-order chi connectivity index (χ1) is 9.19. The van der Waals surface area contributed by atoms with Crippen molar-refractivity contribution >= 4 is 11.7 Å². The fraction of sp³-hybridized carbons (Fsp3) is 0.600. The lowest BCUT2D eigenvalue weighted by atomic mass is 9.83. The molecule has 2 N–H and O–H groups in total. The van der Waals surface area contributed by atoms with Gasteiger partial charge < -0.3 is 10.6 Å². The first kappa shape index (κ1) is 13.8. The van der Waals surface area contributed by atoms with Crippen molar-refractivity contribution in [3.8, 4) is 0 Å². The number of amides is 1. The summed E-state index contributed by atoms with van der Waals surface area (Å²) in [5, 5.41) is 6.01. The number of anilines is 1. The van der Waals surface area contributed by atoms with Gasteiger partial charge in [-0.1, -0.05) is 19.8 Å². The van der Waals surface area contributed by atoms with E-state index in [-0.39, 0.29) is 5.91 Å². The molecule has 0 spiro atoms. The third-order valence-electron chi connectivity index (χ3n) is 4.32. The topological polar surface area (TPSA) is 54.0 Å². The maximum Gasteiger partial charge on any atom is 0.252 e. The molecule has 1 saturated carbocycles. The molecule has 104 valence electrons. The Morgan fingerprint density at radius 1 is 1.37 bits per heavy atom. The number of hydrogen-bond donors (Lipinski definition) is 2. The predicted molar refractivity (Wildman–Crippen MR) is 77.3 cm³/mol. The molecule has 1 aromatic rings. The number of pyridine rings is 1. The predicted octanol–water partition coefficient (Wildman–Crippen LogP) is 2.82. The molecule has 0 aliphatic heterocycles. The summed E-state index contributed by atoms with van der Waals surface area (Å²) in [5.41, 5.74) is 0.955. The average molecular weight is 261 g/mol. The van der Waals surface area contributed by atoms with Gasteiger partial charge in [0.1, 0.15) is 5.82 Å². The molecule has 2 rings (SSSR count). The van der Waals surface area contributed by atoms with E-state index in [0.717, 1.165) is 18.8 Å².